The van der Waals surface area contributed by atoms with E-state index in [2.05, 4.69) is 10.3 Å². The minimum absolute atomic E-state index is 0.277. The number of nitrogen functional groups attached to an aromatic ring is 1. The number of carbonyl (C=O) groups is 1. The molecule has 1 heterocycles. The lowest BCUT2D eigenvalue weighted by Crippen LogP contribution is -2.24. The third kappa shape index (κ3) is 3.47. The second-order valence-electron chi connectivity index (χ2n) is 4.59. The van der Waals surface area contributed by atoms with Gasteiger partial charge in [-0.3, -0.25) is 4.79 Å². The lowest BCUT2D eigenvalue weighted by molar-refractivity contribution is 0.0950. The molecule has 0 aliphatic rings. The summed E-state index contributed by atoms with van der Waals surface area (Å²) in [4.78, 5) is 16.1. The van der Waals surface area contributed by atoms with Crippen molar-refractivity contribution < 1.29 is 9.53 Å². The Kier molecular flexibility index (Phi) is 5.19. The molecule has 22 heavy (non-hydrogen) atoms. The fraction of sp³-hybridized carbons (Fsp3) is 0.200. The molecule has 0 unspecified atom stereocenters. The molecule has 5 N–H and O–H groups in total. The van der Waals surface area contributed by atoms with Crippen LogP contribution in [0, 0.1) is 0 Å². The van der Waals surface area contributed by atoms with Gasteiger partial charge in [-0.05, 0) is 23.3 Å². The number of ether oxygens (including phenoxy) is 1. The number of halogens is 1. The van der Waals surface area contributed by atoms with E-state index in [9.17, 15) is 4.79 Å². The molecule has 7 heteroatoms. The number of hydrogen-bond acceptors (Lipinski definition) is 5. The number of amides is 1. The van der Waals surface area contributed by atoms with Crippen molar-refractivity contribution >= 4 is 23.2 Å². The van der Waals surface area contributed by atoms with Crippen molar-refractivity contribution in [1.29, 1.82) is 0 Å². The van der Waals surface area contributed by atoms with Gasteiger partial charge in [-0.1, -0.05) is 23.7 Å². The maximum Gasteiger partial charge on any atom is 0.253 e. The van der Waals surface area contributed by atoms with Crippen LogP contribution in [0.1, 0.15) is 21.5 Å². The van der Waals surface area contributed by atoms with E-state index in [1.54, 1.807) is 6.07 Å². The van der Waals surface area contributed by atoms with Gasteiger partial charge in [-0.2, -0.15) is 0 Å². The van der Waals surface area contributed by atoms with Crippen LogP contribution in [0.25, 0.3) is 0 Å². The minimum atomic E-state index is -0.289. The monoisotopic (exact) mass is 320 g/mol. The highest BCUT2D eigenvalue weighted by atomic mass is 35.5. The summed E-state index contributed by atoms with van der Waals surface area (Å²) >= 11 is 5.96. The van der Waals surface area contributed by atoms with Crippen molar-refractivity contribution in [3.05, 3.63) is 52.2 Å². The Hall–Kier alpha value is -2.31. The van der Waals surface area contributed by atoms with E-state index in [0.717, 1.165) is 11.1 Å². The van der Waals surface area contributed by atoms with Crippen LogP contribution < -0.4 is 21.5 Å². The number of rotatable bonds is 5. The number of carbonyl (C=O) groups excluding carboxylic acids is 1. The second kappa shape index (κ2) is 7.11. The van der Waals surface area contributed by atoms with Crippen molar-refractivity contribution in [3.8, 4) is 5.88 Å². The van der Waals surface area contributed by atoms with Crippen LogP contribution in [0.2, 0.25) is 5.02 Å². The van der Waals surface area contributed by atoms with Crippen molar-refractivity contribution in [3.63, 3.8) is 0 Å². The number of anilines is 1. The number of nitrogens with two attached hydrogens (primary N) is 2. The fourth-order valence-electron chi connectivity index (χ4n) is 2.05. The third-order valence-corrected chi connectivity index (χ3v) is 3.49. The average molecular weight is 321 g/mol. The van der Waals surface area contributed by atoms with Crippen LogP contribution in [-0.4, -0.2) is 18.0 Å². The first-order valence-electron chi connectivity index (χ1n) is 6.60. The Bertz CT molecular complexity index is 691. The van der Waals surface area contributed by atoms with E-state index in [-0.39, 0.29) is 16.8 Å². The summed E-state index contributed by atoms with van der Waals surface area (Å²) in [6.45, 7) is 0.633. The maximum absolute atomic E-state index is 12.1. The molecule has 0 atom stereocenters. The Morgan fingerprint density at radius 3 is 2.86 bits per heavy atom. The van der Waals surface area contributed by atoms with Gasteiger partial charge in [0.05, 0.1) is 12.7 Å². The zero-order valence-corrected chi connectivity index (χ0v) is 12.9. The molecule has 0 bridgehead atoms. The summed E-state index contributed by atoms with van der Waals surface area (Å²) in [6, 6.07) is 6.98. The summed E-state index contributed by atoms with van der Waals surface area (Å²) in [6.07, 6.45) is 1.41. The summed E-state index contributed by atoms with van der Waals surface area (Å²) in [5.74, 6) is -0.0121. The molecule has 1 amide bonds. The number of nitrogens with zero attached hydrogens (tertiary/aromatic N) is 1. The fourth-order valence-corrected chi connectivity index (χ4v) is 2.29. The largest absolute Gasteiger partial charge is 0.480 e. The number of aromatic nitrogens is 1. The number of pyridine rings is 1. The molecule has 0 fully saturated rings. The Morgan fingerprint density at radius 2 is 2.23 bits per heavy atom. The molecule has 116 valence electrons. The van der Waals surface area contributed by atoms with E-state index in [1.165, 1.54) is 19.4 Å². The second-order valence-corrected chi connectivity index (χ2v) is 4.99. The number of methoxy groups -OCH3 is 1. The van der Waals surface area contributed by atoms with E-state index in [1.807, 2.05) is 12.1 Å². The van der Waals surface area contributed by atoms with Gasteiger partial charge in [0.1, 0.15) is 5.02 Å². The van der Waals surface area contributed by atoms with Gasteiger partial charge in [-0.15, -0.1) is 0 Å². The van der Waals surface area contributed by atoms with Crippen LogP contribution in [0.15, 0.2) is 30.5 Å². The molecular weight excluding hydrogens is 304 g/mol. The Labute approximate surface area is 133 Å². The van der Waals surface area contributed by atoms with Crippen LogP contribution in [0.3, 0.4) is 0 Å². The van der Waals surface area contributed by atoms with E-state index in [4.69, 9.17) is 27.8 Å². The zero-order valence-electron chi connectivity index (χ0n) is 12.1. The first-order chi connectivity index (χ1) is 10.6. The smallest absolute Gasteiger partial charge is 0.253 e. The highest BCUT2D eigenvalue weighted by molar-refractivity contribution is 6.32. The van der Waals surface area contributed by atoms with Crippen molar-refractivity contribution in [2.24, 2.45) is 5.73 Å². The summed E-state index contributed by atoms with van der Waals surface area (Å²) < 4.78 is 4.95. The van der Waals surface area contributed by atoms with Crippen molar-refractivity contribution in [2.75, 3.05) is 12.8 Å². The van der Waals surface area contributed by atoms with Gasteiger partial charge in [0.2, 0.25) is 5.88 Å². The SMILES string of the molecule is COc1ncc(C(=O)NCc2cccc(N)c2CN)cc1Cl. The minimum Gasteiger partial charge on any atom is -0.480 e. The molecule has 1 aromatic heterocycles. The molecule has 0 aliphatic heterocycles. The third-order valence-electron chi connectivity index (χ3n) is 3.22. The van der Waals surface area contributed by atoms with Crippen LogP contribution >= 0.6 is 11.6 Å². The van der Waals surface area contributed by atoms with E-state index < -0.39 is 0 Å². The molecule has 0 saturated carbocycles. The summed E-state index contributed by atoms with van der Waals surface area (Å²) in [7, 11) is 1.46. The Morgan fingerprint density at radius 1 is 1.45 bits per heavy atom. The van der Waals surface area contributed by atoms with Gasteiger partial charge in [-0.25, -0.2) is 4.98 Å². The predicted octanol–water partition coefficient (Wildman–Crippen LogP) is 1.71. The molecule has 6 nitrogen and oxygen atoms in total. The topological polar surface area (TPSA) is 103 Å². The molecule has 2 aromatic rings. The maximum atomic E-state index is 12.1. The van der Waals surface area contributed by atoms with Gasteiger partial charge in [0.25, 0.3) is 5.91 Å². The average Bonchev–Trinajstić information content (AvgIpc) is 2.52. The lowest BCUT2D eigenvalue weighted by atomic mass is 10.1. The van der Waals surface area contributed by atoms with Gasteiger partial charge in [0.15, 0.2) is 0 Å². The summed E-state index contributed by atoms with van der Waals surface area (Å²) in [5, 5.41) is 3.07. The summed E-state index contributed by atoms with van der Waals surface area (Å²) in [5.41, 5.74) is 14.2. The number of nitrogens with one attached hydrogen (secondary N) is 1. The molecule has 1 aromatic carbocycles. The Balaban J connectivity index is 2.10. The van der Waals surface area contributed by atoms with Crippen LogP contribution in [0.5, 0.6) is 5.88 Å². The van der Waals surface area contributed by atoms with Crippen LogP contribution in [-0.2, 0) is 13.1 Å². The normalized spacial score (nSPS) is 10.3. The predicted molar refractivity (Wildman–Crippen MR) is 85.7 cm³/mol. The molecule has 0 saturated heterocycles. The molecular formula is C15H17ClN4O2. The van der Waals surface area contributed by atoms with Crippen molar-refractivity contribution in [1.82, 2.24) is 10.3 Å². The van der Waals surface area contributed by atoms with Crippen LogP contribution in [0.4, 0.5) is 5.69 Å². The van der Waals surface area contributed by atoms with Crippen molar-refractivity contribution in [2.45, 2.75) is 13.1 Å². The lowest BCUT2D eigenvalue weighted by Gasteiger charge is -2.12. The van der Waals surface area contributed by atoms with Gasteiger partial charge < -0.3 is 21.5 Å². The van der Waals surface area contributed by atoms with Gasteiger partial charge in [0, 0.05) is 25.0 Å². The molecule has 0 aliphatic carbocycles. The van der Waals surface area contributed by atoms with Gasteiger partial charge >= 0.3 is 0 Å². The number of hydrogen-bond donors (Lipinski definition) is 3. The quantitative estimate of drug-likeness (QED) is 0.728. The highest BCUT2D eigenvalue weighted by Gasteiger charge is 2.11. The molecule has 0 spiro atoms. The first kappa shape index (κ1) is 16.1. The standard InChI is InChI=1S/C15H17ClN4O2/c1-22-15-12(16)5-10(8-20-15)14(21)19-7-9-3-2-4-13(18)11(9)6-17/h2-5,8H,6-7,17-18H2,1H3,(H,19,21). The first-order valence-corrected chi connectivity index (χ1v) is 6.98. The molecule has 2 rings (SSSR count). The van der Waals surface area contributed by atoms with E-state index in [0.29, 0.717) is 24.3 Å². The zero-order chi connectivity index (χ0) is 16.1. The molecule has 0 radical (unpaired) electrons. The highest BCUT2D eigenvalue weighted by Crippen LogP contribution is 2.22. The number of benzene rings is 1. The van der Waals surface area contributed by atoms with E-state index >= 15 is 0 Å².